The molecule has 0 aromatic carbocycles. The molecule has 1 unspecified atom stereocenters. The lowest BCUT2D eigenvalue weighted by Gasteiger charge is -2.16. The van der Waals surface area contributed by atoms with Gasteiger partial charge >= 0.3 is 0 Å². The number of nitrogens with zero attached hydrogens (tertiary/aromatic N) is 1. The lowest BCUT2D eigenvalue weighted by molar-refractivity contribution is 0.0285. The Hall–Kier alpha value is -1.18. The molecule has 1 aromatic heterocycles. The summed E-state index contributed by atoms with van der Waals surface area (Å²) in [5.74, 6) is 0.363. The maximum absolute atomic E-state index is 12.2. The normalized spacial score (nSPS) is 12.0. The highest BCUT2D eigenvalue weighted by molar-refractivity contribution is 9.10. The summed E-state index contributed by atoms with van der Waals surface area (Å²) >= 11 is 3.32. The van der Waals surface area contributed by atoms with E-state index < -0.39 is 0 Å². The summed E-state index contributed by atoms with van der Waals surface area (Å²) in [6.07, 6.45) is 1.48. The Bertz CT molecular complexity index is 443. The van der Waals surface area contributed by atoms with Crippen LogP contribution in [0.3, 0.4) is 0 Å². The number of halogens is 1. The van der Waals surface area contributed by atoms with Gasteiger partial charge in [0.2, 0.25) is 0 Å². The van der Waals surface area contributed by atoms with E-state index in [1.807, 2.05) is 6.92 Å². The molecule has 1 atom stereocenters. The molecule has 0 aliphatic rings. The zero-order valence-corrected chi connectivity index (χ0v) is 13.5. The first-order valence-corrected chi connectivity index (χ1v) is 7.11. The number of amides is 1. The monoisotopic (exact) mass is 345 g/mol. The van der Waals surface area contributed by atoms with Crippen molar-refractivity contribution in [3.63, 3.8) is 0 Å². The van der Waals surface area contributed by atoms with E-state index in [0.29, 0.717) is 31.1 Å². The number of ether oxygens (including phenoxy) is 2. The molecule has 20 heavy (non-hydrogen) atoms. The molecule has 0 bridgehead atoms. The number of hydrogen-bond donors (Lipinski definition) is 2. The first-order chi connectivity index (χ1) is 9.62. The second-order valence-corrected chi connectivity index (χ2v) is 5.02. The second-order valence-electron chi connectivity index (χ2n) is 4.10. The highest BCUT2D eigenvalue weighted by Gasteiger charge is 2.15. The fraction of sp³-hybridized carbons (Fsp3) is 0.538. The minimum atomic E-state index is -0.201. The van der Waals surface area contributed by atoms with Gasteiger partial charge < -0.3 is 20.1 Å². The van der Waals surface area contributed by atoms with Crippen LogP contribution >= 0.6 is 15.9 Å². The molecule has 1 heterocycles. The molecule has 1 amide bonds. The maximum atomic E-state index is 12.2. The number of pyridine rings is 1. The maximum Gasteiger partial charge on any atom is 0.255 e. The highest BCUT2D eigenvalue weighted by Crippen LogP contribution is 2.17. The molecule has 6 nitrogen and oxygen atoms in total. The van der Waals surface area contributed by atoms with Gasteiger partial charge in [-0.1, -0.05) is 0 Å². The van der Waals surface area contributed by atoms with Crippen molar-refractivity contribution in [2.45, 2.75) is 13.0 Å². The Morgan fingerprint density at radius 3 is 2.85 bits per heavy atom. The number of rotatable bonds is 8. The van der Waals surface area contributed by atoms with Gasteiger partial charge in [0.05, 0.1) is 18.3 Å². The fourth-order valence-corrected chi connectivity index (χ4v) is 1.95. The molecule has 0 aliphatic heterocycles. The van der Waals surface area contributed by atoms with Crippen LogP contribution in [0.2, 0.25) is 0 Å². The van der Waals surface area contributed by atoms with Crippen LogP contribution in [0.15, 0.2) is 16.7 Å². The number of hydrogen-bond acceptors (Lipinski definition) is 5. The number of anilines is 1. The van der Waals surface area contributed by atoms with Crippen molar-refractivity contribution < 1.29 is 14.3 Å². The van der Waals surface area contributed by atoms with Gasteiger partial charge in [-0.25, -0.2) is 4.98 Å². The molecule has 0 fully saturated rings. The van der Waals surface area contributed by atoms with Gasteiger partial charge in [-0.15, -0.1) is 0 Å². The van der Waals surface area contributed by atoms with Crippen LogP contribution in [0.25, 0.3) is 0 Å². The number of carbonyl (C=O) groups is 1. The van der Waals surface area contributed by atoms with Crippen LogP contribution in [-0.2, 0) is 9.47 Å². The molecule has 0 aliphatic carbocycles. The summed E-state index contributed by atoms with van der Waals surface area (Å²) in [7, 11) is 3.18. The molecular formula is C13H20BrN3O3. The van der Waals surface area contributed by atoms with Crippen molar-refractivity contribution in [3.8, 4) is 0 Å². The van der Waals surface area contributed by atoms with E-state index in [1.54, 1.807) is 26.5 Å². The summed E-state index contributed by atoms with van der Waals surface area (Å²) in [5.41, 5.74) is 0.494. The quantitative estimate of drug-likeness (QED) is 0.749. The van der Waals surface area contributed by atoms with E-state index in [1.165, 1.54) is 0 Å². The predicted octanol–water partition coefficient (Wildman–Crippen LogP) is 1.67. The van der Waals surface area contributed by atoms with Gasteiger partial charge in [0, 0.05) is 38.0 Å². The van der Waals surface area contributed by atoms with E-state index in [-0.39, 0.29) is 12.0 Å². The van der Waals surface area contributed by atoms with Crippen LogP contribution in [0, 0.1) is 0 Å². The molecule has 0 saturated heterocycles. The van der Waals surface area contributed by atoms with Crippen molar-refractivity contribution in [2.75, 3.05) is 39.2 Å². The first-order valence-electron chi connectivity index (χ1n) is 6.31. The Labute approximate surface area is 127 Å². The van der Waals surface area contributed by atoms with Crippen LogP contribution in [0.4, 0.5) is 5.82 Å². The minimum absolute atomic E-state index is 0.174. The van der Waals surface area contributed by atoms with Crippen molar-refractivity contribution in [3.05, 3.63) is 22.3 Å². The molecule has 0 radical (unpaired) electrons. The second kappa shape index (κ2) is 8.89. The Morgan fingerprint density at radius 1 is 1.50 bits per heavy atom. The van der Waals surface area contributed by atoms with E-state index >= 15 is 0 Å². The average molecular weight is 346 g/mol. The van der Waals surface area contributed by atoms with Crippen molar-refractivity contribution >= 4 is 27.7 Å². The third kappa shape index (κ3) is 5.07. The molecule has 7 heteroatoms. The molecule has 1 rings (SSSR count). The standard InChI is InChI=1S/C13H20BrN3O3/c1-4-15-12-11(5-9(14)6-16-12)13(18)17-7-10(20-3)8-19-2/h5-6,10H,4,7-8H2,1-3H3,(H,15,16)(H,17,18). The number of nitrogens with one attached hydrogen (secondary N) is 2. The molecule has 2 N–H and O–H groups in total. The summed E-state index contributed by atoms with van der Waals surface area (Å²) < 4.78 is 11.0. The minimum Gasteiger partial charge on any atom is -0.382 e. The van der Waals surface area contributed by atoms with Gasteiger partial charge in [0.1, 0.15) is 5.82 Å². The van der Waals surface area contributed by atoms with E-state index in [0.717, 1.165) is 4.47 Å². The largest absolute Gasteiger partial charge is 0.382 e. The molecule has 112 valence electrons. The Kier molecular flexibility index (Phi) is 7.50. The zero-order chi connectivity index (χ0) is 15.0. The van der Waals surface area contributed by atoms with Crippen LogP contribution < -0.4 is 10.6 Å². The molecule has 1 aromatic rings. The molecule has 0 spiro atoms. The lowest BCUT2D eigenvalue weighted by atomic mass is 10.2. The summed E-state index contributed by atoms with van der Waals surface area (Å²) in [6, 6.07) is 1.73. The van der Waals surface area contributed by atoms with Gasteiger partial charge in [-0.05, 0) is 28.9 Å². The third-order valence-corrected chi connectivity index (χ3v) is 3.05. The highest BCUT2D eigenvalue weighted by atomic mass is 79.9. The molecule has 0 saturated carbocycles. The van der Waals surface area contributed by atoms with E-state index in [2.05, 4.69) is 31.5 Å². The number of methoxy groups -OCH3 is 2. The van der Waals surface area contributed by atoms with Crippen molar-refractivity contribution in [1.29, 1.82) is 0 Å². The number of aromatic nitrogens is 1. The third-order valence-electron chi connectivity index (χ3n) is 2.62. The smallest absolute Gasteiger partial charge is 0.255 e. The molecular weight excluding hydrogens is 326 g/mol. The first kappa shape index (κ1) is 16.9. The van der Waals surface area contributed by atoms with Crippen LogP contribution in [0.5, 0.6) is 0 Å². The fourth-order valence-electron chi connectivity index (χ4n) is 1.62. The zero-order valence-electron chi connectivity index (χ0n) is 11.9. The van der Waals surface area contributed by atoms with Gasteiger partial charge in [-0.2, -0.15) is 0 Å². The Balaban J connectivity index is 2.73. The predicted molar refractivity (Wildman–Crippen MR) is 81.1 cm³/mol. The SMILES string of the molecule is CCNc1ncc(Br)cc1C(=O)NCC(COC)OC. The van der Waals surface area contributed by atoms with Crippen molar-refractivity contribution in [1.82, 2.24) is 10.3 Å². The van der Waals surface area contributed by atoms with Gasteiger partial charge in [-0.3, -0.25) is 4.79 Å². The summed E-state index contributed by atoms with van der Waals surface area (Å²) in [5, 5.41) is 5.88. The van der Waals surface area contributed by atoms with Gasteiger partial charge in [0.25, 0.3) is 5.91 Å². The lowest BCUT2D eigenvalue weighted by Crippen LogP contribution is -2.36. The Morgan fingerprint density at radius 2 is 2.25 bits per heavy atom. The van der Waals surface area contributed by atoms with E-state index in [4.69, 9.17) is 9.47 Å². The topological polar surface area (TPSA) is 72.5 Å². The van der Waals surface area contributed by atoms with Crippen molar-refractivity contribution in [2.24, 2.45) is 0 Å². The van der Waals surface area contributed by atoms with Crippen LogP contribution in [0.1, 0.15) is 17.3 Å². The van der Waals surface area contributed by atoms with Crippen LogP contribution in [-0.4, -0.2) is 50.9 Å². The summed E-state index contributed by atoms with van der Waals surface area (Å²) in [4.78, 5) is 16.4. The summed E-state index contributed by atoms with van der Waals surface area (Å²) in [6.45, 7) is 3.44. The van der Waals surface area contributed by atoms with E-state index in [9.17, 15) is 4.79 Å². The average Bonchev–Trinajstić information content (AvgIpc) is 2.45. The van der Waals surface area contributed by atoms with Gasteiger partial charge in [0.15, 0.2) is 0 Å². The number of carbonyl (C=O) groups excluding carboxylic acids is 1.